The number of rotatable bonds is 3. The lowest BCUT2D eigenvalue weighted by molar-refractivity contribution is -0.0223. The van der Waals surface area contributed by atoms with Crippen LogP contribution >= 0.6 is 0 Å². The Hall–Kier alpha value is -1.26. The number of nitrogens with zero attached hydrogens (tertiary/aromatic N) is 2. The van der Waals surface area contributed by atoms with E-state index in [1.165, 1.54) is 50.0 Å². The quantitative estimate of drug-likeness (QED) is 0.852. The third-order valence-corrected chi connectivity index (χ3v) is 6.72. The van der Waals surface area contributed by atoms with Crippen LogP contribution in [-0.2, 0) is 10.3 Å². The highest BCUT2D eigenvalue weighted by molar-refractivity contribution is 5.69. The Balaban J connectivity index is 1.67. The molecule has 2 N–H and O–H groups in total. The molecular formula is C21H33N3O. The summed E-state index contributed by atoms with van der Waals surface area (Å²) in [5.74, 6) is 0.840. The van der Waals surface area contributed by atoms with Crippen LogP contribution in [0.5, 0.6) is 0 Å². The Bertz CT molecular complexity index is 583. The number of anilines is 2. The van der Waals surface area contributed by atoms with Gasteiger partial charge in [0.2, 0.25) is 0 Å². The summed E-state index contributed by atoms with van der Waals surface area (Å²) >= 11 is 0. The first-order valence-corrected chi connectivity index (χ1v) is 10.2. The van der Waals surface area contributed by atoms with E-state index >= 15 is 0 Å². The van der Waals surface area contributed by atoms with Gasteiger partial charge in [-0.3, -0.25) is 4.90 Å². The van der Waals surface area contributed by atoms with Crippen LogP contribution < -0.4 is 10.6 Å². The molecule has 4 rings (SSSR count). The number of likely N-dealkylation sites (tertiary alicyclic amines) is 1. The standard InChI is InChI=1S/C21H33N3O/c1-17-6-12-23(13-7-17)20-16-18(4-5-19(20)22)21(8-14-25-15-9-21)24-10-2-3-11-24/h4-5,16-17H,2-3,6-15,22H2,1H3. The summed E-state index contributed by atoms with van der Waals surface area (Å²) in [5.41, 5.74) is 10.2. The Labute approximate surface area is 152 Å². The molecule has 0 atom stereocenters. The van der Waals surface area contributed by atoms with Crippen molar-refractivity contribution in [2.45, 2.75) is 51.0 Å². The van der Waals surface area contributed by atoms with Crippen LogP contribution in [0, 0.1) is 5.92 Å². The predicted octanol–water partition coefficient (Wildman–Crippen LogP) is 3.61. The summed E-state index contributed by atoms with van der Waals surface area (Å²) in [6.07, 6.45) is 7.41. The second-order valence-corrected chi connectivity index (χ2v) is 8.28. The van der Waals surface area contributed by atoms with Crippen molar-refractivity contribution in [3.8, 4) is 0 Å². The highest BCUT2D eigenvalue weighted by Crippen LogP contribution is 2.42. The van der Waals surface area contributed by atoms with Gasteiger partial charge in [-0.15, -0.1) is 0 Å². The topological polar surface area (TPSA) is 41.7 Å². The molecule has 0 bridgehead atoms. The summed E-state index contributed by atoms with van der Waals surface area (Å²) in [7, 11) is 0. The third-order valence-electron chi connectivity index (χ3n) is 6.72. The van der Waals surface area contributed by atoms with Gasteiger partial charge in [-0.25, -0.2) is 0 Å². The molecule has 3 heterocycles. The van der Waals surface area contributed by atoms with Crippen LogP contribution in [0.1, 0.15) is 51.0 Å². The van der Waals surface area contributed by atoms with E-state index in [0.717, 1.165) is 50.8 Å². The van der Waals surface area contributed by atoms with E-state index < -0.39 is 0 Å². The molecule has 3 aliphatic heterocycles. The highest BCUT2D eigenvalue weighted by Gasteiger charge is 2.41. The fraction of sp³-hybridized carbons (Fsp3) is 0.714. The van der Waals surface area contributed by atoms with Gasteiger partial charge in [-0.05, 0) is 75.2 Å². The second kappa shape index (κ2) is 7.16. The van der Waals surface area contributed by atoms with E-state index in [-0.39, 0.29) is 5.54 Å². The molecular weight excluding hydrogens is 310 g/mol. The number of hydrogen-bond donors (Lipinski definition) is 1. The van der Waals surface area contributed by atoms with Crippen molar-refractivity contribution < 1.29 is 4.74 Å². The molecule has 0 radical (unpaired) electrons. The first kappa shape index (κ1) is 17.2. The van der Waals surface area contributed by atoms with Gasteiger partial charge >= 0.3 is 0 Å². The van der Waals surface area contributed by atoms with Gasteiger partial charge in [0.25, 0.3) is 0 Å². The minimum atomic E-state index is 0.153. The highest BCUT2D eigenvalue weighted by atomic mass is 16.5. The molecule has 0 unspecified atom stereocenters. The molecule has 25 heavy (non-hydrogen) atoms. The van der Waals surface area contributed by atoms with Gasteiger partial charge < -0.3 is 15.4 Å². The van der Waals surface area contributed by atoms with Gasteiger partial charge in [0, 0.05) is 26.3 Å². The van der Waals surface area contributed by atoms with Crippen molar-refractivity contribution >= 4 is 11.4 Å². The van der Waals surface area contributed by atoms with E-state index in [1.807, 2.05) is 0 Å². The molecule has 0 amide bonds. The minimum Gasteiger partial charge on any atom is -0.397 e. The minimum absolute atomic E-state index is 0.153. The van der Waals surface area contributed by atoms with Crippen molar-refractivity contribution in [2.75, 3.05) is 50.0 Å². The molecule has 138 valence electrons. The van der Waals surface area contributed by atoms with Crippen LogP contribution in [0.3, 0.4) is 0 Å². The van der Waals surface area contributed by atoms with Crippen LogP contribution in [0.2, 0.25) is 0 Å². The van der Waals surface area contributed by atoms with E-state index in [4.69, 9.17) is 10.5 Å². The summed E-state index contributed by atoms with van der Waals surface area (Å²) in [6, 6.07) is 6.85. The monoisotopic (exact) mass is 343 g/mol. The zero-order chi connectivity index (χ0) is 17.3. The first-order valence-electron chi connectivity index (χ1n) is 10.2. The Morgan fingerprint density at radius 1 is 1.04 bits per heavy atom. The Morgan fingerprint density at radius 3 is 2.40 bits per heavy atom. The van der Waals surface area contributed by atoms with Gasteiger partial charge in [-0.1, -0.05) is 13.0 Å². The van der Waals surface area contributed by atoms with Crippen molar-refractivity contribution in [3.63, 3.8) is 0 Å². The van der Waals surface area contributed by atoms with Crippen molar-refractivity contribution in [1.29, 1.82) is 0 Å². The molecule has 0 spiro atoms. The maximum absolute atomic E-state index is 6.40. The van der Waals surface area contributed by atoms with Gasteiger partial charge in [0.15, 0.2) is 0 Å². The average molecular weight is 344 g/mol. The lowest BCUT2D eigenvalue weighted by Gasteiger charge is -2.45. The van der Waals surface area contributed by atoms with E-state index in [9.17, 15) is 0 Å². The van der Waals surface area contributed by atoms with Crippen LogP contribution in [0.15, 0.2) is 18.2 Å². The van der Waals surface area contributed by atoms with Crippen molar-refractivity contribution in [1.82, 2.24) is 4.90 Å². The summed E-state index contributed by atoms with van der Waals surface area (Å²) in [4.78, 5) is 5.24. The third kappa shape index (κ3) is 3.26. The number of benzene rings is 1. The summed E-state index contributed by atoms with van der Waals surface area (Å²) in [5, 5.41) is 0. The maximum Gasteiger partial charge on any atom is 0.0603 e. The average Bonchev–Trinajstić information content (AvgIpc) is 3.19. The molecule has 0 aliphatic carbocycles. The molecule has 3 saturated heterocycles. The van der Waals surface area contributed by atoms with Crippen molar-refractivity contribution in [3.05, 3.63) is 23.8 Å². The fourth-order valence-electron chi connectivity index (χ4n) is 5.00. The first-order chi connectivity index (χ1) is 12.2. The number of ether oxygens (including phenoxy) is 1. The van der Waals surface area contributed by atoms with Crippen LogP contribution in [-0.4, -0.2) is 44.3 Å². The van der Waals surface area contributed by atoms with Crippen LogP contribution in [0.25, 0.3) is 0 Å². The molecule has 0 aromatic heterocycles. The molecule has 1 aromatic rings. The second-order valence-electron chi connectivity index (χ2n) is 8.28. The molecule has 4 nitrogen and oxygen atoms in total. The van der Waals surface area contributed by atoms with Crippen LogP contribution in [0.4, 0.5) is 11.4 Å². The van der Waals surface area contributed by atoms with Gasteiger partial charge in [0.1, 0.15) is 0 Å². The molecule has 0 saturated carbocycles. The van der Waals surface area contributed by atoms with E-state index in [1.54, 1.807) is 0 Å². The van der Waals surface area contributed by atoms with Gasteiger partial charge in [-0.2, -0.15) is 0 Å². The normalized spacial score (nSPS) is 25.4. The summed E-state index contributed by atoms with van der Waals surface area (Å²) < 4.78 is 5.73. The number of piperidine rings is 1. The number of nitrogens with two attached hydrogens (primary N) is 1. The van der Waals surface area contributed by atoms with Gasteiger partial charge in [0.05, 0.1) is 16.9 Å². The SMILES string of the molecule is CC1CCN(c2cc(C3(N4CCCC4)CCOCC3)ccc2N)CC1. The number of hydrogen-bond acceptors (Lipinski definition) is 4. The lowest BCUT2D eigenvalue weighted by atomic mass is 9.80. The lowest BCUT2D eigenvalue weighted by Crippen LogP contribution is -2.48. The Kier molecular flexibility index (Phi) is 4.92. The van der Waals surface area contributed by atoms with Crippen molar-refractivity contribution in [2.24, 2.45) is 5.92 Å². The molecule has 3 fully saturated rings. The van der Waals surface area contributed by atoms with E-state index in [0.29, 0.717) is 0 Å². The van der Waals surface area contributed by atoms with E-state index in [2.05, 4.69) is 34.9 Å². The summed E-state index contributed by atoms with van der Waals surface area (Å²) in [6.45, 7) is 8.82. The predicted molar refractivity (Wildman–Crippen MR) is 104 cm³/mol. The fourth-order valence-corrected chi connectivity index (χ4v) is 5.00. The Morgan fingerprint density at radius 2 is 1.72 bits per heavy atom. The zero-order valence-electron chi connectivity index (χ0n) is 15.7. The smallest absolute Gasteiger partial charge is 0.0603 e. The number of nitrogen functional groups attached to an aromatic ring is 1. The molecule has 3 aliphatic rings. The molecule has 1 aromatic carbocycles. The molecule has 4 heteroatoms. The maximum atomic E-state index is 6.40. The largest absolute Gasteiger partial charge is 0.397 e. The zero-order valence-corrected chi connectivity index (χ0v) is 15.7.